The number of hydroxylamine groups is 1. The van der Waals surface area contributed by atoms with E-state index in [2.05, 4.69) is 10.5 Å². The van der Waals surface area contributed by atoms with Crippen LogP contribution >= 0.6 is 0 Å². The largest absolute Gasteiger partial charge is 0.350 e. The fraction of sp³-hybridized carbons (Fsp3) is 0.400. The number of hydrogen-bond acceptors (Lipinski definition) is 7. The highest BCUT2D eigenvalue weighted by molar-refractivity contribution is 7.92. The van der Waals surface area contributed by atoms with E-state index in [0.717, 1.165) is 30.2 Å². The minimum atomic E-state index is -3.85. The molecule has 0 spiro atoms. The Morgan fingerprint density at radius 3 is 2.66 bits per heavy atom. The van der Waals surface area contributed by atoms with Gasteiger partial charge < -0.3 is 4.74 Å². The second-order valence-electron chi connectivity index (χ2n) is 8.94. The Labute approximate surface area is 204 Å². The van der Waals surface area contributed by atoms with Gasteiger partial charge in [0.15, 0.2) is 20.9 Å². The van der Waals surface area contributed by atoms with Crippen molar-refractivity contribution < 1.29 is 22.8 Å². The van der Waals surface area contributed by atoms with Crippen molar-refractivity contribution in [2.24, 2.45) is 0 Å². The van der Waals surface area contributed by atoms with Gasteiger partial charge in [0, 0.05) is 25.8 Å². The van der Waals surface area contributed by atoms with Crippen LogP contribution in [0.2, 0.25) is 0 Å². The zero-order valence-electron chi connectivity index (χ0n) is 19.8. The van der Waals surface area contributed by atoms with Crippen molar-refractivity contribution in [2.45, 2.75) is 50.2 Å². The van der Waals surface area contributed by atoms with Crippen molar-refractivity contribution in [1.29, 1.82) is 0 Å². The van der Waals surface area contributed by atoms with Crippen LogP contribution in [0.1, 0.15) is 32.6 Å². The average Bonchev–Trinajstić information content (AvgIpc) is 2.87. The second kappa shape index (κ2) is 10.3. The van der Waals surface area contributed by atoms with Crippen LogP contribution in [0, 0.1) is 0 Å². The zero-order chi connectivity index (χ0) is 25.1. The van der Waals surface area contributed by atoms with Crippen molar-refractivity contribution in [3.63, 3.8) is 0 Å². The van der Waals surface area contributed by atoms with Crippen LogP contribution in [0.5, 0.6) is 0 Å². The SMILES string of the molecule is C[C@](CCn1cnc2cc(-c3ccccc3)ccc2c1=O)(C(=O)NOC1CCCCO1)S(C)(=O)=O. The van der Waals surface area contributed by atoms with E-state index >= 15 is 0 Å². The van der Waals surface area contributed by atoms with Gasteiger partial charge in [0.2, 0.25) is 0 Å². The van der Waals surface area contributed by atoms with Gasteiger partial charge >= 0.3 is 0 Å². The Hall–Kier alpha value is -3.08. The number of nitrogens with one attached hydrogen (secondary N) is 1. The smallest absolute Gasteiger partial charge is 0.264 e. The van der Waals surface area contributed by atoms with Crippen molar-refractivity contribution >= 4 is 26.6 Å². The van der Waals surface area contributed by atoms with Gasteiger partial charge in [0.1, 0.15) is 0 Å². The van der Waals surface area contributed by atoms with Crippen molar-refractivity contribution in [1.82, 2.24) is 15.0 Å². The molecule has 0 radical (unpaired) electrons. The maximum absolute atomic E-state index is 13.1. The van der Waals surface area contributed by atoms with Crippen molar-refractivity contribution in [2.75, 3.05) is 12.9 Å². The molecule has 1 aromatic heterocycles. The third kappa shape index (κ3) is 5.44. The van der Waals surface area contributed by atoms with Crippen LogP contribution in [-0.4, -0.2) is 47.8 Å². The van der Waals surface area contributed by atoms with Gasteiger partial charge in [-0.05, 0) is 49.4 Å². The first kappa shape index (κ1) is 25.0. The van der Waals surface area contributed by atoms with E-state index in [9.17, 15) is 18.0 Å². The first-order valence-corrected chi connectivity index (χ1v) is 13.4. The molecule has 9 nitrogen and oxygen atoms in total. The van der Waals surface area contributed by atoms with Crippen LogP contribution in [0.3, 0.4) is 0 Å². The number of carbonyl (C=O) groups is 1. The number of aryl methyl sites for hydroxylation is 1. The van der Waals surface area contributed by atoms with E-state index in [1.54, 1.807) is 6.07 Å². The maximum Gasteiger partial charge on any atom is 0.264 e. The molecule has 0 saturated carbocycles. The fourth-order valence-electron chi connectivity index (χ4n) is 3.96. The molecule has 2 aromatic carbocycles. The molecule has 35 heavy (non-hydrogen) atoms. The molecule has 3 aromatic rings. The molecule has 1 aliphatic heterocycles. The molecule has 1 fully saturated rings. The molecular formula is C25H29N3O6S. The van der Waals surface area contributed by atoms with Gasteiger partial charge in [-0.25, -0.2) is 23.7 Å². The average molecular weight is 500 g/mol. The number of amides is 1. The summed E-state index contributed by atoms with van der Waals surface area (Å²) >= 11 is 0. The molecule has 1 aliphatic rings. The molecule has 0 bridgehead atoms. The Morgan fingerprint density at radius 1 is 1.20 bits per heavy atom. The molecular weight excluding hydrogens is 470 g/mol. The fourth-order valence-corrected chi connectivity index (χ4v) is 4.80. The summed E-state index contributed by atoms with van der Waals surface area (Å²) in [6.45, 7) is 1.84. The molecule has 10 heteroatoms. The minimum Gasteiger partial charge on any atom is -0.350 e. The highest BCUT2D eigenvalue weighted by atomic mass is 32.2. The monoisotopic (exact) mass is 499 g/mol. The maximum atomic E-state index is 13.1. The summed E-state index contributed by atoms with van der Waals surface area (Å²) in [6.07, 6.45) is 4.06. The van der Waals surface area contributed by atoms with Crippen LogP contribution < -0.4 is 11.0 Å². The third-order valence-electron chi connectivity index (χ3n) is 6.48. The molecule has 1 amide bonds. The lowest BCUT2D eigenvalue weighted by atomic mass is 10.0. The van der Waals surface area contributed by atoms with Crippen molar-refractivity contribution in [3.05, 3.63) is 65.2 Å². The summed E-state index contributed by atoms with van der Waals surface area (Å²) in [6, 6.07) is 15.2. The van der Waals surface area contributed by atoms with Gasteiger partial charge in [-0.3, -0.25) is 14.2 Å². The highest BCUT2D eigenvalue weighted by Crippen LogP contribution is 2.24. The quantitative estimate of drug-likeness (QED) is 0.474. The lowest BCUT2D eigenvalue weighted by Gasteiger charge is -2.28. The van der Waals surface area contributed by atoms with Gasteiger partial charge in [-0.2, -0.15) is 0 Å². The molecule has 4 rings (SSSR count). The molecule has 2 atom stereocenters. The summed E-state index contributed by atoms with van der Waals surface area (Å²) in [5.41, 5.74) is 4.43. The second-order valence-corrected chi connectivity index (χ2v) is 11.4. The van der Waals surface area contributed by atoms with Gasteiger partial charge in [0.05, 0.1) is 17.2 Å². The number of fused-ring (bicyclic) bond motifs is 1. The number of sulfone groups is 1. The van der Waals surface area contributed by atoms with Crippen LogP contribution in [-0.2, 0) is 30.8 Å². The molecule has 186 valence electrons. The summed E-state index contributed by atoms with van der Waals surface area (Å²) < 4.78 is 30.1. The number of nitrogens with zero attached hydrogens (tertiary/aromatic N) is 2. The van der Waals surface area contributed by atoms with Crippen LogP contribution in [0.4, 0.5) is 0 Å². The van der Waals surface area contributed by atoms with Crippen molar-refractivity contribution in [3.8, 4) is 11.1 Å². The minimum absolute atomic E-state index is 0.0148. The first-order valence-electron chi connectivity index (χ1n) is 11.5. The first-order chi connectivity index (χ1) is 16.7. The van der Waals surface area contributed by atoms with Gasteiger partial charge in [0.25, 0.3) is 11.5 Å². The predicted octanol–water partition coefficient (Wildman–Crippen LogP) is 2.83. The zero-order valence-corrected chi connectivity index (χ0v) is 20.6. The van der Waals surface area contributed by atoms with Gasteiger partial charge in [-0.1, -0.05) is 36.4 Å². The Morgan fingerprint density at radius 2 is 1.97 bits per heavy atom. The van der Waals surface area contributed by atoms with E-state index < -0.39 is 26.8 Å². The van der Waals surface area contributed by atoms with Crippen LogP contribution in [0.15, 0.2) is 59.7 Å². The van der Waals surface area contributed by atoms with E-state index in [1.807, 2.05) is 42.5 Å². The molecule has 1 unspecified atom stereocenters. The lowest BCUT2D eigenvalue weighted by molar-refractivity contribution is -0.201. The van der Waals surface area contributed by atoms with E-state index in [4.69, 9.17) is 9.57 Å². The summed E-state index contributed by atoms with van der Waals surface area (Å²) in [7, 11) is -3.85. The molecule has 1 saturated heterocycles. The molecule has 1 N–H and O–H groups in total. The normalized spacial score (nSPS) is 18.2. The van der Waals surface area contributed by atoms with E-state index in [1.165, 1.54) is 17.8 Å². The number of hydrogen-bond donors (Lipinski definition) is 1. The summed E-state index contributed by atoms with van der Waals surface area (Å²) in [5.74, 6) is -0.802. The molecule has 2 heterocycles. The summed E-state index contributed by atoms with van der Waals surface area (Å²) in [5, 5.41) is 0.412. The number of carbonyl (C=O) groups excluding carboxylic acids is 1. The standard InChI is InChI=1S/C25H29N3O6S/c1-25(35(2,31)32,24(30)27-34-22-10-6-7-15-33-22)13-14-28-17-26-21-16-19(11-12-20(21)23(28)29)18-8-4-3-5-9-18/h3-5,8-9,11-12,16-17,22H,6-7,10,13-15H2,1-2H3,(H,27,30)/t22?,25-/m0/s1. The third-order valence-corrected chi connectivity index (χ3v) is 8.51. The van der Waals surface area contributed by atoms with Crippen LogP contribution in [0.25, 0.3) is 22.0 Å². The predicted molar refractivity (Wildman–Crippen MR) is 132 cm³/mol. The number of aromatic nitrogens is 2. The Balaban J connectivity index is 1.52. The Kier molecular flexibility index (Phi) is 7.34. The number of benzene rings is 2. The number of ether oxygens (including phenoxy) is 1. The lowest BCUT2D eigenvalue weighted by Crippen LogP contribution is -2.51. The highest BCUT2D eigenvalue weighted by Gasteiger charge is 2.44. The summed E-state index contributed by atoms with van der Waals surface area (Å²) in [4.78, 5) is 35.7. The van der Waals surface area contributed by atoms with E-state index in [-0.39, 0.29) is 18.5 Å². The topological polar surface area (TPSA) is 117 Å². The van der Waals surface area contributed by atoms with E-state index in [0.29, 0.717) is 23.9 Å². The number of rotatable bonds is 8. The molecule has 0 aliphatic carbocycles. The van der Waals surface area contributed by atoms with Gasteiger partial charge in [-0.15, -0.1) is 0 Å². The Bertz CT molecular complexity index is 1370.